The van der Waals surface area contributed by atoms with E-state index in [4.69, 9.17) is 14.5 Å². The number of nitrogens with zero attached hydrogens (tertiary/aromatic N) is 3. The standard InChI is InChI=1S/C29H25FN4O3/c1-34-15-14-31-28(34)27(18-8-11-20(30)12-9-18)33-29(35)22-17-24(32-23-7-5-4-6-21(22)23)19-10-13-25(36-2)26(16-19)37-3/h4-17,27H,1-3H3,(H,33,35). The number of benzene rings is 3. The van der Waals surface area contributed by atoms with Gasteiger partial charge in [0.05, 0.1) is 31.0 Å². The summed E-state index contributed by atoms with van der Waals surface area (Å²) in [5.74, 6) is 1.12. The molecule has 0 aliphatic carbocycles. The number of fused-ring (bicyclic) bond motifs is 1. The summed E-state index contributed by atoms with van der Waals surface area (Å²) >= 11 is 0. The second kappa shape index (κ2) is 10.1. The number of carbonyl (C=O) groups excluding carboxylic acids is 1. The first-order chi connectivity index (χ1) is 18.0. The molecule has 1 atom stereocenters. The number of carbonyl (C=O) groups is 1. The van der Waals surface area contributed by atoms with Gasteiger partial charge in [-0.3, -0.25) is 4.79 Å². The van der Waals surface area contributed by atoms with Crippen molar-refractivity contribution in [1.29, 1.82) is 0 Å². The van der Waals surface area contributed by atoms with Gasteiger partial charge < -0.3 is 19.4 Å². The van der Waals surface area contributed by atoms with Crippen LogP contribution >= 0.6 is 0 Å². The van der Waals surface area contributed by atoms with E-state index in [1.807, 2.05) is 48.0 Å². The van der Waals surface area contributed by atoms with Gasteiger partial charge in [-0.25, -0.2) is 14.4 Å². The second-order valence-corrected chi connectivity index (χ2v) is 8.50. The fourth-order valence-electron chi connectivity index (χ4n) is 4.32. The highest BCUT2D eigenvalue weighted by Crippen LogP contribution is 2.33. The minimum Gasteiger partial charge on any atom is -0.493 e. The summed E-state index contributed by atoms with van der Waals surface area (Å²) in [5.41, 5.74) is 3.23. The van der Waals surface area contributed by atoms with E-state index < -0.39 is 6.04 Å². The van der Waals surface area contributed by atoms with Crippen LogP contribution in [0.4, 0.5) is 4.39 Å². The summed E-state index contributed by atoms with van der Waals surface area (Å²) in [5, 5.41) is 3.82. The monoisotopic (exact) mass is 496 g/mol. The Bertz CT molecular complexity index is 1580. The molecule has 1 N–H and O–H groups in total. The topological polar surface area (TPSA) is 78.3 Å². The van der Waals surface area contributed by atoms with Crippen molar-refractivity contribution in [3.05, 3.63) is 108 Å². The zero-order chi connectivity index (χ0) is 25.9. The van der Waals surface area contributed by atoms with E-state index >= 15 is 0 Å². The minimum absolute atomic E-state index is 0.308. The Morgan fingerprint density at radius 2 is 1.73 bits per heavy atom. The van der Waals surface area contributed by atoms with E-state index in [-0.39, 0.29) is 11.7 Å². The molecule has 37 heavy (non-hydrogen) atoms. The second-order valence-electron chi connectivity index (χ2n) is 8.50. The molecular formula is C29H25FN4O3. The summed E-state index contributed by atoms with van der Waals surface area (Å²) in [6, 6.07) is 20.2. The van der Waals surface area contributed by atoms with E-state index in [1.54, 1.807) is 50.9 Å². The molecule has 0 saturated carbocycles. The third-order valence-electron chi connectivity index (χ3n) is 6.24. The van der Waals surface area contributed by atoms with Crippen molar-refractivity contribution < 1.29 is 18.7 Å². The Hall–Kier alpha value is -4.72. The molecule has 0 saturated heterocycles. The lowest BCUT2D eigenvalue weighted by atomic mass is 10.0. The SMILES string of the molecule is COc1ccc(-c2cc(C(=O)NC(c3ccc(F)cc3)c3nccn3C)c3ccccc3n2)cc1OC. The van der Waals surface area contributed by atoms with Gasteiger partial charge in [-0.1, -0.05) is 30.3 Å². The molecule has 0 aliphatic heterocycles. The molecule has 0 aliphatic rings. The number of hydrogen-bond acceptors (Lipinski definition) is 5. The van der Waals surface area contributed by atoms with Gasteiger partial charge in [0.15, 0.2) is 11.5 Å². The third-order valence-corrected chi connectivity index (χ3v) is 6.24. The zero-order valence-corrected chi connectivity index (χ0v) is 20.6. The highest BCUT2D eigenvalue weighted by molar-refractivity contribution is 6.07. The number of ether oxygens (including phenoxy) is 2. The van der Waals surface area contributed by atoms with E-state index in [2.05, 4.69) is 10.3 Å². The van der Waals surface area contributed by atoms with Gasteiger partial charge in [0, 0.05) is 30.4 Å². The Kier molecular flexibility index (Phi) is 6.55. The van der Waals surface area contributed by atoms with Crippen LogP contribution in [0.15, 0.2) is 85.2 Å². The van der Waals surface area contributed by atoms with Crippen molar-refractivity contribution in [1.82, 2.24) is 19.9 Å². The highest BCUT2D eigenvalue weighted by atomic mass is 19.1. The van der Waals surface area contributed by atoms with Gasteiger partial charge in [0.2, 0.25) is 0 Å². The van der Waals surface area contributed by atoms with Crippen molar-refractivity contribution in [3.63, 3.8) is 0 Å². The first-order valence-corrected chi connectivity index (χ1v) is 11.6. The fraction of sp³-hybridized carbons (Fsp3) is 0.138. The fourth-order valence-corrected chi connectivity index (χ4v) is 4.32. The molecule has 0 radical (unpaired) electrons. The van der Waals surface area contributed by atoms with E-state index in [0.717, 1.165) is 5.56 Å². The van der Waals surface area contributed by atoms with Crippen molar-refractivity contribution in [2.75, 3.05) is 14.2 Å². The summed E-state index contributed by atoms with van der Waals surface area (Å²) in [4.78, 5) is 23.1. The Morgan fingerprint density at radius 1 is 0.973 bits per heavy atom. The van der Waals surface area contributed by atoms with Gasteiger partial charge in [-0.2, -0.15) is 0 Å². The lowest BCUT2D eigenvalue weighted by Crippen LogP contribution is -2.31. The molecule has 2 aromatic heterocycles. The van der Waals surface area contributed by atoms with E-state index in [0.29, 0.717) is 45.0 Å². The normalized spacial score (nSPS) is 11.8. The molecule has 8 heteroatoms. The predicted molar refractivity (Wildman–Crippen MR) is 139 cm³/mol. The molecule has 0 spiro atoms. The van der Waals surface area contributed by atoms with E-state index in [9.17, 15) is 9.18 Å². The summed E-state index contributed by atoms with van der Waals surface area (Å²) < 4.78 is 26.3. The third kappa shape index (κ3) is 4.73. The number of aromatic nitrogens is 3. The van der Waals surface area contributed by atoms with Gasteiger partial charge >= 0.3 is 0 Å². The molecule has 186 valence electrons. The number of hydrogen-bond donors (Lipinski definition) is 1. The van der Waals surface area contributed by atoms with Crippen LogP contribution in [0.25, 0.3) is 22.2 Å². The number of amides is 1. The van der Waals surface area contributed by atoms with Crippen molar-refractivity contribution >= 4 is 16.8 Å². The number of nitrogens with one attached hydrogen (secondary N) is 1. The Morgan fingerprint density at radius 3 is 2.43 bits per heavy atom. The van der Waals surface area contributed by atoms with Crippen LogP contribution < -0.4 is 14.8 Å². The number of rotatable bonds is 7. The van der Waals surface area contributed by atoms with Crippen LogP contribution in [0.2, 0.25) is 0 Å². The molecule has 0 fully saturated rings. The van der Waals surface area contributed by atoms with Gasteiger partial charge in [-0.15, -0.1) is 0 Å². The Labute approximate surface area is 213 Å². The molecule has 1 unspecified atom stereocenters. The van der Waals surface area contributed by atoms with Crippen LogP contribution in [0, 0.1) is 5.82 Å². The summed E-state index contributed by atoms with van der Waals surface area (Å²) in [6.45, 7) is 0. The van der Waals surface area contributed by atoms with Crippen molar-refractivity contribution in [3.8, 4) is 22.8 Å². The molecular weight excluding hydrogens is 471 g/mol. The first-order valence-electron chi connectivity index (χ1n) is 11.6. The van der Waals surface area contributed by atoms with Gasteiger partial charge in [-0.05, 0) is 48.0 Å². The Balaban J connectivity index is 1.59. The number of methoxy groups -OCH3 is 2. The largest absolute Gasteiger partial charge is 0.493 e. The van der Waals surface area contributed by atoms with Crippen LogP contribution in [-0.4, -0.2) is 34.7 Å². The number of para-hydroxylation sites is 1. The molecule has 1 amide bonds. The average molecular weight is 497 g/mol. The maximum Gasteiger partial charge on any atom is 0.252 e. The molecule has 2 heterocycles. The number of aryl methyl sites for hydroxylation is 1. The van der Waals surface area contributed by atoms with Crippen LogP contribution in [0.3, 0.4) is 0 Å². The van der Waals surface area contributed by atoms with Crippen molar-refractivity contribution in [2.24, 2.45) is 7.05 Å². The van der Waals surface area contributed by atoms with Crippen LogP contribution in [0.1, 0.15) is 27.8 Å². The average Bonchev–Trinajstić information content (AvgIpc) is 3.36. The molecule has 3 aromatic carbocycles. The zero-order valence-electron chi connectivity index (χ0n) is 20.6. The molecule has 7 nitrogen and oxygen atoms in total. The number of pyridine rings is 1. The summed E-state index contributed by atoms with van der Waals surface area (Å²) in [7, 11) is 5.00. The first kappa shape index (κ1) is 24.0. The van der Waals surface area contributed by atoms with Gasteiger partial charge in [0.25, 0.3) is 5.91 Å². The summed E-state index contributed by atoms with van der Waals surface area (Å²) in [6.07, 6.45) is 3.46. The minimum atomic E-state index is -0.593. The molecule has 0 bridgehead atoms. The van der Waals surface area contributed by atoms with E-state index in [1.165, 1.54) is 12.1 Å². The lowest BCUT2D eigenvalue weighted by Gasteiger charge is -2.20. The van der Waals surface area contributed by atoms with Crippen LogP contribution in [-0.2, 0) is 7.05 Å². The maximum absolute atomic E-state index is 13.8. The smallest absolute Gasteiger partial charge is 0.252 e. The highest BCUT2D eigenvalue weighted by Gasteiger charge is 2.23. The quantitative estimate of drug-likeness (QED) is 0.330. The lowest BCUT2D eigenvalue weighted by molar-refractivity contribution is 0.0943. The number of imidazole rings is 1. The van der Waals surface area contributed by atoms with Crippen molar-refractivity contribution in [2.45, 2.75) is 6.04 Å². The number of halogens is 1. The van der Waals surface area contributed by atoms with Gasteiger partial charge in [0.1, 0.15) is 17.7 Å². The maximum atomic E-state index is 13.8. The predicted octanol–water partition coefficient (Wildman–Crippen LogP) is 5.31. The van der Waals surface area contributed by atoms with Crippen LogP contribution in [0.5, 0.6) is 11.5 Å². The molecule has 5 rings (SSSR count). The molecule has 5 aromatic rings.